The van der Waals surface area contributed by atoms with Crippen LogP contribution in [-0.4, -0.2) is 10.2 Å². The number of nitrogens with two attached hydrogens (primary N) is 1. The van der Waals surface area contributed by atoms with Gasteiger partial charge in [-0.1, -0.05) is 32.9 Å². The first kappa shape index (κ1) is 11.6. The van der Waals surface area contributed by atoms with E-state index in [4.69, 9.17) is 5.73 Å². The normalized spacial score (nSPS) is 11.8. The summed E-state index contributed by atoms with van der Waals surface area (Å²) < 4.78 is 12.9. The number of hydrogen-bond donors (Lipinski definition) is 2. The number of anilines is 1. The molecule has 2 rings (SSSR count). The number of benzene rings is 1. The van der Waals surface area contributed by atoms with E-state index in [1.165, 1.54) is 12.1 Å². The van der Waals surface area contributed by atoms with E-state index in [0.717, 1.165) is 16.8 Å². The Morgan fingerprint density at radius 1 is 1.18 bits per heavy atom. The fourth-order valence-electron chi connectivity index (χ4n) is 1.81. The maximum Gasteiger partial charge on any atom is 0.153 e. The topological polar surface area (TPSA) is 54.7 Å². The van der Waals surface area contributed by atoms with Gasteiger partial charge < -0.3 is 5.73 Å². The molecule has 0 spiro atoms. The standard InChI is InChI=1S/C13H16FN3/c1-13(2,3)11-10(12(15)17-16-11)8-4-6-9(14)7-5-8/h4-7H,1-3H3,(H3,15,16,17). The van der Waals surface area contributed by atoms with Crippen LogP contribution in [0.25, 0.3) is 11.1 Å². The van der Waals surface area contributed by atoms with Crippen molar-refractivity contribution in [2.24, 2.45) is 0 Å². The molecular formula is C13H16FN3. The van der Waals surface area contributed by atoms with Crippen molar-refractivity contribution < 1.29 is 4.39 Å². The zero-order valence-electron chi connectivity index (χ0n) is 10.2. The lowest BCUT2D eigenvalue weighted by Crippen LogP contribution is -2.13. The third kappa shape index (κ3) is 2.16. The maximum atomic E-state index is 12.9. The number of hydrogen-bond acceptors (Lipinski definition) is 2. The Labute approximate surface area is 99.9 Å². The molecule has 0 bridgehead atoms. The van der Waals surface area contributed by atoms with Crippen molar-refractivity contribution in [3.05, 3.63) is 35.8 Å². The molecule has 0 atom stereocenters. The minimum atomic E-state index is -0.256. The van der Waals surface area contributed by atoms with Gasteiger partial charge in [0.25, 0.3) is 0 Å². The van der Waals surface area contributed by atoms with Crippen LogP contribution in [0.2, 0.25) is 0 Å². The third-order valence-corrected chi connectivity index (χ3v) is 2.68. The van der Waals surface area contributed by atoms with Gasteiger partial charge in [-0.25, -0.2) is 4.39 Å². The van der Waals surface area contributed by atoms with Gasteiger partial charge in [-0.3, -0.25) is 5.10 Å². The molecule has 17 heavy (non-hydrogen) atoms. The molecule has 4 heteroatoms. The first-order chi connectivity index (χ1) is 7.89. The van der Waals surface area contributed by atoms with Crippen LogP contribution < -0.4 is 5.73 Å². The second-order valence-electron chi connectivity index (χ2n) is 5.12. The molecule has 0 radical (unpaired) electrons. The largest absolute Gasteiger partial charge is 0.382 e. The Morgan fingerprint density at radius 2 is 1.76 bits per heavy atom. The Hall–Kier alpha value is -1.84. The van der Waals surface area contributed by atoms with Crippen molar-refractivity contribution >= 4 is 5.82 Å². The van der Waals surface area contributed by atoms with Crippen LogP contribution in [0.3, 0.4) is 0 Å². The monoisotopic (exact) mass is 233 g/mol. The summed E-state index contributed by atoms with van der Waals surface area (Å²) in [7, 11) is 0. The smallest absolute Gasteiger partial charge is 0.153 e. The van der Waals surface area contributed by atoms with E-state index in [-0.39, 0.29) is 11.2 Å². The van der Waals surface area contributed by atoms with E-state index < -0.39 is 0 Å². The highest BCUT2D eigenvalue weighted by molar-refractivity contribution is 5.77. The summed E-state index contributed by atoms with van der Waals surface area (Å²) in [6, 6.07) is 6.28. The summed E-state index contributed by atoms with van der Waals surface area (Å²) in [5.41, 5.74) is 8.48. The lowest BCUT2D eigenvalue weighted by molar-refractivity contribution is 0.568. The predicted octanol–water partition coefficient (Wildman–Crippen LogP) is 3.10. The number of nitrogen functional groups attached to an aromatic ring is 1. The van der Waals surface area contributed by atoms with E-state index in [1.807, 2.05) is 0 Å². The lowest BCUT2D eigenvalue weighted by Gasteiger charge is -2.18. The van der Waals surface area contributed by atoms with E-state index in [0.29, 0.717) is 5.82 Å². The minimum Gasteiger partial charge on any atom is -0.382 e. The van der Waals surface area contributed by atoms with E-state index in [2.05, 4.69) is 31.0 Å². The number of H-pyrrole nitrogens is 1. The Kier molecular flexibility index (Phi) is 2.65. The van der Waals surface area contributed by atoms with Crippen molar-refractivity contribution in [1.82, 2.24) is 10.2 Å². The Balaban J connectivity index is 2.59. The fourth-order valence-corrected chi connectivity index (χ4v) is 1.81. The van der Waals surface area contributed by atoms with Gasteiger partial charge in [-0.2, -0.15) is 5.10 Å². The molecule has 0 fully saturated rings. The van der Waals surface area contributed by atoms with Crippen LogP contribution in [-0.2, 0) is 5.41 Å². The molecule has 0 amide bonds. The second-order valence-corrected chi connectivity index (χ2v) is 5.12. The molecule has 0 aliphatic rings. The number of aromatic nitrogens is 2. The number of halogens is 1. The highest BCUT2D eigenvalue weighted by Gasteiger charge is 2.23. The van der Waals surface area contributed by atoms with Crippen LogP contribution >= 0.6 is 0 Å². The summed E-state index contributed by atoms with van der Waals surface area (Å²) in [6.07, 6.45) is 0. The average molecular weight is 233 g/mol. The van der Waals surface area contributed by atoms with Crippen molar-refractivity contribution in [2.45, 2.75) is 26.2 Å². The van der Waals surface area contributed by atoms with Crippen LogP contribution in [0, 0.1) is 5.82 Å². The third-order valence-electron chi connectivity index (χ3n) is 2.68. The quantitative estimate of drug-likeness (QED) is 0.795. The van der Waals surface area contributed by atoms with Crippen molar-refractivity contribution in [1.29, 1.82) is 0 Å². The summed E-state index contributed by atoms with van der Waals surface area (Å²) in [5, 5.41) is 7.00. The van der Waals surface area contributed by atoms with Gasteiger partial charge in [0.1, 0.15) is 5.82 Å². The highest BCUT2D eigenvalue weighted by Crippen LogP contribution is 2.34. The van der Waals surface area contributed by atoms with Crippen molar-refractivity contribution in [3.63, 3.8) is 0 Å². The number of nitrogens with zero attached hydrogens (tertiary/aromatic N) is 1. The van der Waals surface area contributed by atoms with Gasteiger partial charge in [0.15, 0.2) is 5.82 Å². The molecule has 1 aromatic carbocycles. The zero-order valence-corrected chi connectivity index (χ0v) is 10.2. The zero-order chi connectivity index (χ0) is 12.6. The number of rotatable bonds is 1. The predicted molar refractivity (Wildman–Crippen MR) is 67.1 cm³/mol. The van der Waals surface area contributed by atoms with Crippen LogP contribution in [0.4, 0.5) is 10.2 Å². The summed E-state index contributed by atoms with van der Waals surface area (Å²) in [4.78, 5) is 0. The molecule has 1 aromatic heterocycles. The van der Waals surface area contributed by atoms with Crippen molar-refractivity contribution in [2.75, 3.05) is 5.73 Å². The molecule has 3 nitrogen and oxygen atoms in total. The molecule has 3 N–H and O–H groups in total. The van der Waals surface area contributed by atoms with Gasteiger partial charge in [0.05, 0.1) is 5.69 Å². The van der Waals surface area contributed by atoms with Gasteiger partial charge in [0, 0.05) is 11.0 Å². The highest BCUT2D eigenvalue weighted by atomic mass is 19.1. The molecule has 0 aliphatic heterocycles. The number of nitrogens with one attached hydrogen (secondary N) is 1. The molecule has 2 aromatic rings. The minimum absolute atomic E-state index is 0.0889. The van der Waals surface area contributed by atoms with Gasteiger partial charge in [-0.05, 0) is 17.7 Å². The van der Waals surface area contributed by atoms with E-state index in [1.54, 1.807) is 12.1 Å². The van der Waals surface area contributed by atoms with Crippen LogP contribution in [0.1, 0.15) is 26.5 Å². The van der Waals surface area contributed by atoms with Gasteiger partial charge in [0.2, 0.25) is 0 Å². The average Bonchev–Trinajstić information content (AvgIpc) is 2.61. The molecule has 90 valence electrons. The van der Waals surface area contributed by atoms with Crippen molar-refractivity contribution in [3.8, 4) is 11.1 Å². The lowest BCUT2D eigenvalue weighted by atomic mass is 9.87. The molecular weight excluding hydrogens is 217 g/mol. The SMILES string of the molecule is CC(C)(C)c1[nH]nc(N)c1-c1ccc(F)cc1. The first-order valence-corrected chi connectivity index (χ1v) is 5.50. The molecule has 0 saturated heterocycles. The van der Waals surface area contributed by atoms with Gasteiger partial charge >= 0.3 is 0 Å². The Morgan fingerprint density at radius 3 is 2.29 bits per heavy atom. The second kappa shape index (κ2) is 3.87. The van der Waals surface area contributed by atoms with E-state index in [9.17, 15) is 4.39 Å². The summed E-state index contributed by atoms with van der Waals surface area (Å²) in [6.45, 7) is 6.23. The summed E-state index contributed by atoms with van der Waals surface area (Å²) in [5.74, 6) is 0.189. The van der Waals surface area contributed by atoms with Crippen LogP contribution in [0.5, 0.6) is 0 Å². The van der Waals surface area contributed by atoms with Gasteiger partial charge in [-0.15, -0.1) is 0 Å². The summed E-state index contributed by atoms with van der Waals surface area (Å²) >= 11 is 0. The fraction of sp³-hybridized carbons (Fsp3) is 0.308. The Bertz CT molecular complexity index is 521. The molecule has 0 aliphatic carbocycles. The molecule has 0 saturated carbocycles. The number of aromatic amines is 1. The van der Waals surface area contributed by atoms with E-state index >= 15 is 0 Å². The maximum absolute atomic E-state index is 12.9. The first-order valence-electron chi connectivity index (χ1n) is 5.50. The molecule has 0 unspecified atom stereocenters. The molecule has 1 heterocycles. The van der Waals surface area contributed by atoms with Crippen LogP contribution in [0.15, 0.2) is 24.3 Å².